The first kappa shape index (κ1) is 11.8. The van der Waals surface area contributed by atoms with Gasteiger partial charge in [-0.2, -0.15) is 0 Å². The fraction of sp³-hybridized carbons (Fsp3) is 1.00. The summed E-state index contributed by atoms with van der Waals surface area (Å²) in [6, 6.07) is 1.74. The zero-order valence-corrected chi connectivity index (χ0v) is 12.1. The van der Waals surface area contributed by atoms with Gasteiger partial charge in [0, 0.05) is 12.1 Å². The summed E-state index contributed by atoms with van der Waals surface area (Å²) in [6.45, 7) is 4.90. The van der Waals surface area contributed by atoms with Gasteiger partial charge in [-0.15, -0.1) is 0 Å². The zero-order valence-electron chi connectivity index (χ0n) is 12.1. The van der Waals surface area contributed by atoms with Crippen LogP contribution >= 0.6 is 0 Å². The lowest BCUT2D eigenvalue weighted by Gasteiger charge is -2.55. The number of nitrogens with one attached hydrogen (secondary N) is 1. The van der Waals surface area contributed by atoms with Gasteiger partial charge in [-0.25, -0.2) is 0 Å². The molecule has 0 spiro atoms. The lowest BCUT2D eigenvalue weighted by Crippen LogP contribution is -2.56. The van der Waals surface area contributed by atoms with E-state index in [1.54, 1.807) is 32.1 Å². The molecule has 5 aliphatic carbocycles. The Morgan fingerprint density at radius 1 is 0.889 bits per heavy atom. The molecule has 5 aliphatic rings. The summed E-state index contributed by atoms with van der Waals surface area (Å²) < 4.78 is 0. The van der Waals surface area contributed by atoms with Crippen molar-refractivity contribution in [3.63, 3.8) is 0 Å². The molecule has 5 saturated carbocycles. The van der Waals surface area contributed by atoms with E-state index in [-0.39, 0.29) is 0 Å². The van der Waals surface area contributed by atoms with Crippen LogP contribution < -0.4 is 5.32 Å². The van der Waals surface area contributed by atoms with Crippen molar-refractivity contribution in [3.8, 4) is 0 Å². The van der Waals surface area contributed by atoms with E-state index in [0.29, 0.717) is 5.41 Å². The molecule has 0 aliphatic heterocycles. The van der Waals surface area contributed by atoms with Crippen LogP contribution in [0.25, 0.3) is 0 Å². The minimum atomic E-state index is 0.601. The molecule has 0 aromatic carbocycles. The third-order valence-corrected chi connectivity index (χ3v) is 6.62. The quantitative estimate of drug-likeness (QED) is 0.778. The van der Waals surface area contributed by atoms with E-state index in [4.69, 9.17) is 0 Å². The predicted octanol–water partition coefficient (Wildman–Crippen LogP) is 3.98. The second-order valence-electron chi connectivity index (χ2n) is 8.73. The van der Waals surface area contributed by atoms with Crippen molar-refractivity contribution in [1.82, 2.24) is 5.32 Å². The second-order valence-corrected chi connectivity index (χ2v) is 8.73. The van der Waals surface area contributed by atoms with Gasteiger partial charge in [-0.05, 0) is 80.5 Å². The van der Waals surface area contributed by atoms with E-state index in [1.807, 2.05) is 0 Å². The molecule has 102 valence electrons. The molecule has 0 heterocycles. The van der Waals surface area contributed by atoms with Crippen LogP contribution in [0.4, 0.5) is 0 Å². The van der Waals surface area contributed by atoms with Gasteiger partial charge < -0.3 is 5.32 Å². The smallest absolute Gasteiger partial charge is 0.0127 e. The molecule has 0 aromatic heterocycles. The highest BCUT2D eigenvalue weighted by molar-refractivity contribution is 5.03. The van der Waals surface area contributed by atoms with Crippen LogP contribution in [0.1, 0.15) is 65.2 Å². The fourth-order valence-electron chi connectivity index (χ4n) is 6.05. The van der Waals surface area contributed by atoms with Crippen molar-refractivity contribution < 1.29 is 0 Å². The summed E-state index contributed by atoms with van der Waals surface area (Å²) in [5.74, 6) is 4.33. The minimum Gasteiger partial charge on any atom is -0.311 e. The summed E-state index contributed by atoms with van der Waals surface area (Å²) in [5.41, 5.74) is 0.601. The van der Waals surface area contributed by atoms with Crippen LogP contribution in [-0.4, -0.2) is 12.1 Å². The summed E-state index contributed by atoms with van der Waals surface area (Å²) >= 11 is 0. The molecular weight excluding hydrogens is 218 g/mol. The molecule has 1 heteroatoms. The van der Waals surface area contributed by atoms with Crippen molar-refractivity contribution in [2.24, 2.45) is 29.1 Å². The van der Waals surface area contributed by atoms with Crippen LogP contribution in [-0.2, 0) is 0 Å². The van der Waals surface area contributed by atoms with Crippen LogP contribution in [0.5, 0.6) is 0 Å². The van der Waals surface area contributed by atoms with E-state index < -0.39 is 0 Å². The van der Waals surface area contributed by atoms with Crippen molar-refractivity contribution in [3.05, 3.63) is 0 Å². The Balaban J connectivity index is 1.43. The standard InChI is InChI=1S/C17H29N/c1-17(2)4-3-15(10-17)18-16-13-6-11-5-12(8-13)9-14(16)7-11/h11-16,18H,3-10H2,1-2H3. The first-order chi connectivity index (χ1) is 8.59. The Hall–Kier alpha value is -0.0400. The third kappa shape index (κ3) is 1.94. The Bertz CT molecular complexity index is 305. The van der Waals surface area contributed by atoms with Gasteiger partial charge in [0.25, 0.3) is 0 Å². The molecule has 0 radical (unpaired) electrons. The van der Waals surface area contributed by atoms with Crippen LogP contribution in [0, 0.1) is 29.1 Å². The topological polar surface area (TPSA) is 12.0 Å². The van der Waals surface area contributed by atoms with Crippen molar-refractivity contribution in [1.29, 1.82) is 0 Å². The summed E-state index contributed by atoms with van der Waals surface area (Å²) in [7, 11) is 0. The molecule has 1 nitrogen and oxygen atoms in total. The number of rotatable bonds is 2. The zero-order chi connectivity index (χ0) is 12.3. The maximum absolute atomic E-state index is 4.12. The first-order valence-electron chi connectivity index (χ1n) is 8.35. The lowest BCUT2D eigenvalue weighted by molar-refractivity contribution is -0.0177. The normalized spacial score (nSPS) is 53.0. The van der Waals surface area contributed by atoms with Gasteiger partial charge in [0.2, 0.25) is 0 Å². The lowest BCUT2D eigenvalue weighted by atomic mass is 9.54. The summed E-state index contributed by atoms with van der Waals surface area (Å²) in [6.07, 6.45) is 12.1. The second kappa shape index (κ2) is 3.98. The van der Waals surface area contributed by atoms with Gasteiger partial charge in [0.15, 0.2) is 0 Å². The number of hydrogen-bond acceptors (Lipinski definition) is 1. The van der Waals surface area contributed by atoms with Crippen molar-refractivity contribution >= 4 is 0 Å². The molecule has 0 amide bonds. The molecule has 4 bridgehead atoms. The molecular formula is C17H29N. The minimum absolute atomic E-state index is 0.601. The molecule has 18 heavy (non-hydrogen) atoms. The van der Waals surface area contributed by atoms with Crippen LogP contribution in [0.2, 0.25) is 0 Å². The molecule has 1 N–H and O–H groups in total. The maximum Gasteiger partial charge on any atom is 0.0127 e. The monoisotopic (exact) mass is 247 g/mol. The van der Waals surface area contributed by atoms with E-state index >= 15 is 0 Å². The Kier molecular flexibility index (Phi) is 2.60. The summed E-state index contributed by atoms with van der Waals surface area (Å²) in [5, 5.41) is 4.12. The van der Waals surface area contributed by atoms with E-state index in [9.17, 15) is 0 Å². The Labute approximate surface area is 112 Å². The average molecular weight is 247 g/mol. The number of hydrogen-bond donors (Lipinski definition) is 1. The van der Waals surface area contributed by atoms with Gasteiger partial charge >= 0.3 is 0 Å². The van der Waals surface area contributed by atoms with E-state index in [1.165, 1.54) is 19.3 Å². The average Bonchev–Trinajstić information content (AvgIpc) is 2.62. The van der Waals surface area contributed by atoms with Crippen molar-refractivity contribution in [2.45, 2.75) is 77.3 Å². The third-order valence-electron chi connectivity index (χ3n) is 6.62. The molecule has 1 unspecified atom stereocenters. The highest BCUT2D eigenvalue weighted by atomic mass is 15.0. The fourth-order valence-corrected chi connectivity index (χ4v) is 6.05. The molecule has 0 saturated heterocycles. The molecule has 0 aromatic rings. The first-order valence-corrected chi connectivity index (χ1v) is 8.35. The van der Waals surface area contributed by atoms with Gasteiger partial charge in [0.05, 0.1) is 0 Å². The SMILES string of the molecule is CC1(C)CCC(NC2C3CC4CC(C3)CC2C4)C1. The largest absolute Gasteiger partial charge is 0.311 e. The maximum atomic E-state index is 4.12. The van der Waals surface area contributed by atoms with Crippen LogP contribution in [0.3, 0.4) is 0 Å². The molecule has 5 fully saturated rings. The van der Waals surface area contributed by atoms with Gasteiger partial charge in [-0.1, -0.05) is 13.8 Å². The Morgan fingerprint density at radius 3 is 2.00 bits per heavy atom. The van der Waals surface area contributed by atoms with Crippen molar-refractivity contribution in [2.75, 3.05) is 0 Å². The summed E-state index contributed by atoms with van der Waals surface area (Å²) in [4.78, 5) is 0. The Morgan fingerprint density at radius 2 is 1.50 bits per heavy atom. The highest BCUT2D eigenvalue weighted by Gasteiger charge is 2.49. The van der Waals surface area contributed by atoms with Gasteiger partial charge in [0.1, 0.15) is 0 Å². The molecule has 5 rings (SSSR count). The molecule has 1 atom stereocenters. The van der Waals surface area contributed by atoms with Crippen LogP contribution in [0.15, 0.2) is 0 Å². The van der Waals surface area contributed by atoms with E-state index in [2.05, 4.69) is 19.2 Å². The van der Waals surface area contributed by atoms with E-state index in [0.717, 1.165) is 35.8 Å². The van der Waals surface area contributed by atoms with Gasteiger partial charge in [-0.3, -0.25) is 0 Å². The highest BCUT2D eigenvalue weighted by Crippen LogP contribution is 2.54. The predicted molar refractivity (Wildman–Crippen MR) is 75.4 cm³/mol.